The number of hydrogen-bond acceptors (Lipinski definition) is 2. The monoisotopic (exact) mass is 227 g/mol. The summed E-state index contributed by atoms with van der Waals surface area (Å²) in [5.74, 6) is 0.511. The number of halogens is 1. The average Bonchev–Trinajstić information content (AvgIpc) is 2.84. The Kier molecular flexibility index (Phi) is 2.95. The van der Waals surface area contributed by atoms with Crippen LogP contribution in [0.5, 0.6) is 0 Å². The van der Waals surface area contributed by atoms with Gasteiger partial charge in [0.05, 0.1) is 0 Å². The molecular weight excluding hydrogens is 214 g/mol. The lowest BCUT2D eigenvalue weighted by molar-refractivity contribution is 0.0742. The van der Waals surface area contributed by atoms with E-state index in [1.807, 2.05) is 4.90 Å². The van der Waals surface area contributed by atoms with Gasteiger partial charge in [-0.25, -0.2) is 0 Å². The first kappa shape index (κ1) is 10.5. The topological polar surface area (TPSA) is 38.1 Å². The highest BCUT2D eigenvalue weighted by molar-refractivity contribution is 6.18. The molecule has 1 fully saturated rings. The summed E-state index contributed by atoms with van der Waals surface area (Å²) in [5, 5.41) is 4.11. The van der Waals surface area contributed by atoms with Gasteiger partial charge in [-0.15, -0.1) is 11.6 Å². The quantitative estimate of drug-likeness (QED) is 0.714. The molecular formula is C10H14ClN3O. The Bertz CT molecular complexity index is 363. The van der Waals surface area contributed by atoms with Crippen molar-refractivity contribution in [3.63, 3.8) is 0 Å². The first-order valence-corrected chi connectivity index (χ1v) is 5.62. The Hall–Kier alpha value is -1.03. The summed E-state index contributed by atoms with van der Waals surface area (Å²) in [6.45, 7) is 0.798. The molecule has 4 nitrogen and oxygen atoms in total. The molecule has 0 saturated carbocycles. The van der Waals surface area contributed by atoms with Crippen LogP contribution in [0.1, 0.15) is 23.3 Å². The van der Waals surface area contributed by atoms with Crippen molar-refractivity contribution in [1.29, 1.82) is 0 Å². The molecule has 15 heavy (non-hydrogen) atoms. The molecule has 1 atom stereocenters. The molecule has 1 unspecified atom stereocenters. The van der Waals surface area contributed by atoms with E-state index in [1.54, 1.807) is 24.0 Å². The van der Waals surface area contributed by atoms with Gasteiger partial charge in [-0.05, 0) is 18.9 Å². The predicted molar refractivity (Wildman–Crippen MR) is 58.0 cm³/mol. The largest absolute Gasteiger partial charge is 0.333 e. The Morgan fingerprint density at radius 3 is 3.13 bits per heavy atom. The van der Waals surface area contributed by atoms with Gasteiger partial charge < -0.3 is 4.90 Å². The van der Waals surface area contributed by atoms with Crippen LogP contribution in [0, 0.1) is 0 Å². The second kappa shape index (κ2) is 4.23. The Morgan fingerprint density at radius 1 is 1.73 bits per heavy atom. The number of carbonyl (C=O) groups is 1. The summed E-state index contributed by atoms with van der Waals surface area (Å²) in [6.07, 6.45) is 3.82. The van der Waals surface area contributed by atoms with E-state index in [9.17, 15) is 4.79 Å². The van der Waals surface area contributed by atoms with Crippen molar-refractivity contribution in [2.24, 2.45) is 7.05 Å². The van der Waals surface area contributed by atoms with Gasteiger partial charge in [-0.2, -0.15) is 5.10 Å². The van der Waals surface area contributed by atoms with Crippen LogP contribution < -0.4 is 0 Å². The average molecular weight is 228 g/mol. The number of aryl methyl sites for hydroxylation is 1. The Morgan fingerprint density at radius 2 is 2.53 bits per heavy atom. The minimum absolute atomic E-state index is 0.00116. The zero-order valence-corrected chi connectivity index (χ0v) is 9.44. The number of aromatic nitrogens is 2. The minimum Gasteiger partial charge on any atom is -0.333 e. The third kappa shape index (κ3) is 2.00. The second-order valence-corrected chi connectivity index (χ2v) is 4.13. The van der Waals surface area contributed by atoms with Crippen molar-refractivity contribution >= 4 is 17.5 Å². The smallest absolute Gasteiger partial charge is 0.274 e. The lowest BCUT2D eigenvalue weighted by atomic mass is 10.2. The molecule has 0 radical (unpaired) electrons. The van der Waals surface area contributed by atoms with Crippen molar-refractivity contribution in [3.05, 3.63) is 18.0 Å². The molecule has 0 N–H and O–H groups in total. The van der Waals surface area contributed by atoms with E-state index in [0.717, 1.165) is 19.4 Å². The summed E-state index contributed by atoms with van der Waals surface area (Å²) in [6, 6.07) is 1.92. The van der Waals surface area contributed by atoms with E-state index in [2.05, 4.69) is 5.10 Å². The summed E-state index contributed by atoms with van der Waals surface area (Å²) in [4.78, 5) is 13.8. The highest BCUT2D eigenvalue weighted by Crippen LogP contribution is 2.20. The maximum absolute atomic E-state index is 12.0. The molecule has 0 bridgehead atoms. The van der Waals surface area contributed by atoms with E-state index in [0.29, 0.717) is 11.6 Å². The summed E-state index contributed by atoms with van der Waals surface area (Å²) in [5.41, 5.74) is 0.509. The van der Waals surface area contributed by atoms with Crippen molar-refractivity contribution in [2.45, 2.75) is 18.9 Å². The summed E-state index contributed by atoms with van der Waals surface area (Å²) >= 11 is 5.82. The third-order valence-corrected chi connectivity index (χ3v) is 3.11. The SMILES string of the molecule is Cn1ccc(C(=O)N2CCCC2CCl)n1. The highest BCUT2D eigenvalue weighted by atomic mass is 35.5. The molecule has 82 valence electrons. The predicted octanol–water partition coefficient (Wildman–Crippen LogP) is 1.26. The van der Waals surface area contributed by atoms with Crippen LogP contribution in [-0.4, -0.2) is 39.1 Å². The number of rotatable bonds is 2. The molecule has 0 aliphatic carbocycles. The zero-order valence-electron chi connectivity index (χ0n) is 8.69. The van der Waals surface area contributed by atoms with Crippen LogP contribution in [0.25, 0.3) is 0 Å². The van der Waals surface area contributed by atoms with Crippen LogP contribution in [-0.2, 0) is 7.05 Å². The van der Waals surface area contributed by atoms with Crippen molar-refractivity contribution < 1.29 is 4.79 Å². The molecule has 0 spiro atoms. The fraction of sp³-hybridized carbons (Fsp3) is 0.600. The standard InChI is InChI=1S/C10H14ClN3O/c1-13-6-4-9(12-13)10(15)14-5-2-3-8(14)7-11/h4,6,8H,2-3,5,7H2,1H3. The lowest BCUT2D eigenvalue weighted by Crippen LogP contribution is -2.36. The van der Waals surface area contributed by atoms with E-state index in [-0.39, 0.29) is 11.9 Å². The number of carbonyl (C=O) groups excluding carboxylic acids is 1. The van der Waals surface area contributed by atoms with E-state index < -0.39 is 0 Å². The lowest BCUT2D eigenvalue weighted by Gasteiger charge is -2.21. The van der Waals surface area contributed by atoms with Gasteiger partial charge in [-0.1, -0.05) is 0 Å². The van der Waals surface area contributed by atoms with Gasteiger partial charge in [0.1, 0.15) is 5.69 Å². The number of hydrogen-bond donors (Lipinski definition) is 0. The van der Waals surface area contributed by atoms with Crippen LogP contribution in [0.3, 0.4) is 0 Å². The van der Waals surface area contributed by atoms with Crippen LogP contribution in [0.15, 0.2) is 12.3 Å². The van der Waals surface area contributed by atoms with E-state index >= 15 is 0 Å². The zero-order chi connectivity index (χ0) is 10.8. The van der Waals surface area contributed by atoms with Gasteiger partial charge in [0.2, 0.25) is 0 Å². The molecule has 1 aliphatic heterocycles. The van der Waals surface area contributed by atoms with Gasteiger partial charge in [0, 0.05) is 31.7 Å². The molecule has 1 amide bonds. The third-order valence-electron chi connectivity index (χ3n) is 2.75. The van der Waals surface area contributed by atoms with Crippen LogP contribution >= 0.6 is 11.6 Å². The van der Waals surface area contributed by atoms with Gasteiger partial charge >= 0.3 is 0 Å². The molecule has 2 heterocycles. The van der Waals surface area contributed by atoms with E-state index in [4.69, 9.17) is 11.6 Å². The van der Waals surface area contributed by atoms with Gasteiger partial charge in [-0.3, -0.25) is 9.48 Å². The molecule has 1 aromatic heterocycles. The number of nitrogens with zero attached hydrogens (tertiary/aromatic N) is 3. The second-order valence-electron chi connectivity index (χ2n) is 3.82. The molecule has 2 rings (SSSR count). The van der Waals surface area contributed by atoms with Gasteiger partial charge in [0.25, 0.3) is 5.91 Å². The molecule has 5 heteroatoms. The number of alkyl halides is 1. The maximum atomic E-state index is 12.0. The molecule has 1 saturated heterocycles. The van der Waals surface area contributed by atoms with E-state index in [1.165, 1.54) is 0 Å². The van der Waals surface area contributed by atoms with Crippen molar-refractivity contribution in [1.82, 2.24) is 14.7 Å². The van der Waals surface area contributed by atoms with Crippen molar-refractivity contribution in [2.75, 3.05) is 12.4 Å². The Balaban J connectivity index is 2.13. The summed E-state index contributed by atoms with van der Waals surface area (Å²) < 4.78 is 1.64. The number of amides is 1. The highest BCUT2D eigenvalue weighted by Gasteiger charge is 2.29. The fourth-order valence-electron chi connectivity index (χ4n) is 1.94. The molecule has 0 aromatic carbocycles. The summed E-state index contributed by atoms with van der Waals surface area (Å²) in [7, 11) is 1.81. The normalized spacial score (nSPS) is 20.9. The van der Waals surface area contributed by atoms with Gasteiger partial charge in [0.15, 0.2) is 0 Å². The van der Waals surface area contributed by atoms with Crippen LogP contribution in [0.4, 0.5) is 0 Å². The fourth-order valence-corrected chi connectivity index (χ4v) is 2.26. The Labute approximate surface area is 93.8 Å². The molecule has 1 aromatic rings. The first-order chi connectivity index (χ1) is 7.22. The molecule has 1 aliphatic rings. The number of likely N-dealkylation sites (tertiary alicyclic amines) is 1. The van der Waals surface area contributed by atoms with Crippen molar-refractivity contribution in [3.8, 4) is 0 Å². The maximum Gasteiger partial charge on any atom is 0.274 e. The minimum atomic E-state index is -0.00116. The van der Waals surface area contributed by atoms with Crippen LogP contribution in [0.2, 0.25) is 0 Å². The first-order valence-electron chi connectivity index (χ1n) is 5.09.